The van der Waals surface area contributed by atoms with Crippen LogP contribution in [0.3, 0.4) is 0 Å². The summed E-state index contributed by atoms with van der Waals surface area (Å²) in [5.74, 6) is 0.0134. The zero-order valence-corrected chi connectivity index (χ0v) is 13.3. The molecule has 1 heterocycles. The Hall–Kier alpha value is -2.01. The highest BCUT2D eigenvalue weighted by Crippen LogP contribution is 2.34. The Balaban J connectivity index is 1.96. The van der Waals surface area contributed by atoms with Gasteiger partial charge in [-0.1, -0.05) is 22.9 Å². The van der Waals surface area contributed by atoms with Crippen LogP contribution in [0.15, 0.2) is 34.8 Å². The summed E-state index contributed by atoms with van der Waals surface area (Å²) < 4.78 is 1.05. The zero-order chi connectivity index (χ0) is 15.0. The van der Waals surface area contributed by atoms with Crippen LogP contribution in [0.4, 0.5) is 22.7 Å². The van der Waals surface area contributed by atoms with Crippen molar-refractivity contribution in [1.82, 2.24) is 0 Å². The van der Waals surface area contributed by atoms with Crippen LogP contribution in [-0.4, -0.2) is 5.91 Å². The normalized spacial score (nSPS) is 13.0. The maximum Gasteiger partial charge on any atom is 0.228 e. The van der Waals surface area contributed by atoms with Gasteiger partial charge in [-0.05, 0) is 47.9 Å². The Bertz CT molecular complexity index is 728. The second-order valence-corrected chi connectivity index (χ2v) is 6.02. The predicted molar refractivity (Wildman–Crippen MR) is 90.0 cm³/mol. The van der Waals surface area contributed by atoms with Crippen molar-refractivity contribution in [3.05, 3.63) is 45.9 Å². The number of nitrogens with two attached hydrogens (primary N) is 1. The fourth-order valence-electron chi connectivity index (χ4n) is 2.52. The molecule has 0 aromatic heterocycles. The van der Waals surface area contributed by atoms with Crippen LogP contribution in [0.25, 0.3) is 0 Å². The van der Waals surface area contributed by atoms with Crippen molar-refractivity contribution in [2.45, 2.75) is 19.8 Å². The first kappa shape index (κ1) is 13.9. The molecule has 1 amide bonds. The largest absolute Gasteiger partial charge is 0.397 e. The van der Waals surface area contributed by atoms with E-state index in [-0.39, 0.29) is 5.91 Å². The van der Waals surface area contributed by atoms with Crippen molar-refractivity contribution in [2.24, 2.45) is 0 Å². The lowest BCUT2D eigenvalue weighted by atomic mass is 10.1. The summed E-state index contributed by atoms with van der Waals surface area (Å²) in [5, 5.41) is 6.21. The standard InChI is InChI=1S/C16H16BrN3O/c1-2-9-5-11(17)3-4-13(9)19-15-8-14-10(6-12(15)18)7-16(21)20-14/h3-6,8,19H,2,7,18H2,1H3,(H,20,21). The van der Waals surface area contributed by atoms with Crippen LogP contribution in [-0.2, 0) is 17.6 Å². The summed E-state index contributed by atoms with van der Waals surface area (Å²) in [4.78, 5) is 11.4. The second kappa shape index (κ2) is 5.41. The van der Waals surface area contributed by atoms with Crippen molar-refractivity contribution in [3.63, 3.8) is 0 Å². The zero-order valence-electron chi connectivity index (χ0n) is 11.7. The molecule has 0 unspecified atom stereocenters. The van der Waals surface area contributed by atoms with Crippen molar-refractivity contribution < 1.29 is 4.79 Å². The third-order valence-corrected chi connectivity index (χ3v) is 4.11. The predicted octanol–water partition coefficient (Wildman–Crippen LogP) is 3.83. The van der Waals surface area contributed by atoms with E-state index in [2.05, 4.69) is 39.6 Å². The van der Waals surface area contributed by atoms with E-state index in [1.165, 1.54) is 5.56 Å². The van der Waals surface area contributed by atoms with Gasteiger partial charge in [-0.2, -0.15) is 0 Å². The quantitative estimate of drug-likeness (QED) is 0.740. The van der Waals surface area contributed by atoms with Crippen LogP contribution in [0.1, 0.15) is 18.1 Å². The molecule has 5 heteroatoms. The molecular weight excluding hydrogens is 330 g/mol. The summed E-state index contributed by atoms with van der Waals surface area (Å²) in [6.07, 6.45) is 1.32. The highest BCUT2D eigenvalue weighted by atomic mass is 79.9. The van der Waals surface area contributed by atoms with Crippen LogP contribution in [0.2, 0.25) is 0 Å². The van der Waals surface area contributed by atoms with Crippen LogP contribution >= 0.6 is 15.9 Å². The monoisotopic (exact) mass is 345 g/mol. The maximum atomic E-state index is 11.4. The van der Waals surface area contributed by atoms with Crippen LogP contribution in [0.5, 0.6) is 0 Å². The first-order chi connectivity index (χ1) is 10.1. The van der Waals surface area contributed by atoms with Crippen molar-refractivity contribution in [1.29, 1.82) is 0 Å². The Labute approximate surface area is 131 Å². The molecule has 0 radical (unpaired) electrons. The van der Waals surface area contributed by atoms with Gasteiger partial charge in [0.2, 0.25) is 5.91 Å². The van der Waals surface area contributed by atoms with E-state index >= 15 is 0 Å². The van der Waals surface area contributed by atoms with Gasteiger partial charge in [0.15, 0.2) is 0 Å². The minimum atomic E-state index is 0.0134. The van der Waals surface area contributed by atoms with Gasteiger partial charge in [-0.25, -0.2) is 0 Å². The minimum absolute atomic E-state index is 0.0134. The average Bonchev–Trinajstić information content (AvgIpc) is 2.80. The van der Waals surface area contributed by atoms with Crippen LogP contribution < -0.4 is 16.4 Å². The Kier molecular flexibility index (Phi) is 3.59. The second-order valence-electron chi connectivity index (χ2n) is 5.10. The molecule has 4 nitrogen and oxygen atoms in total. The minimum Gasteiger partial charge on any atom is -0.397 e. The van der Waals surface area contributed by atoms with E-state index < -0.39 is 0 Å². The molecule has 0 fully saturated rings. The number of carbonyl (C=O) groups is 1. The molecule has 2 aromatic rings. The number of aryl methyl sites for hydroxylation is 1. The first-order valence-corrected chi connectivity index (χ1v) is 7.64. The van der Waals surface area contributed by atoms with E-state index in [1.54, 1.807) is 0 Å². The van der Waals surface area contributed by atoms with Gasteiger partial charge in [0, 0.05) is 15.8 Å². The molecule has 108 valence electrons. The fraction of sp³-hybridized carbons (Fsp3) is 0.188. The number of carbonyl (C=O) groups excluding carboxylic acids is 1. The number of rotatable bonds is 3. The number of hydrogen-bond acceptors (Lipinski definition) is 3. The molecule has 0 saturated heterocycles. The van der Waals surface area contributed by atoms with Crippen molar-refractivity contribution in [2.75, 3.05) is 16.4 Å². The van der Waals surface area contributed by atoms with Crippen molar-refractivity contribution >= 4 is 44.6 Å². The molecular formula is C16H16BrN3O. The molecule has 0 saturated carbocycles. The number of halogens is 1. The molecule has 21 heavy (non-hydrogen) atoms. The SMILES string of the molecule is CCc1cc(Br)ccc1Nc1cc2c(cc1N)CC(=O)N2. The molecule has 1 aliphatic rings. The van der Waals surface area contributed by atoms with E-state index in [4.69, 9.17) is 5.73 Å². The van der Waals surface area contributed by atoms with Gasteiger partial charge in [0.1, 0.15) is 0 Å². The van der Waals surface area contributed by atoms with Crippen molar-refractivity contribution in [3.8, 4) is 0 Å². The number of nitrogens with one attached hydrogen (secondary N) is 2. The number of nitrogen functional groups attached to an aromatic ring is 1. The highest BCUT2D eigenvalue weighted by molar-refractivity contribution is 9.10. The van der Waals surface area contributed by atoms with Gasteiger partial charge >= 0.3 is 0 Å². The Morgan fingerprint density at radius 3 is 2.86 bits per heavy atom. The number of fused-ring (bicyclic) bond motifs is 1. The van der Waals surface area contributed by atoms with Gasteiger partial charge in [0.25, 0.3) is 0 Å². The summed E-state index contributed by atoms with van der Waals surface area (Å²) in [6, 6.07) is 9.87. The third kappa shape index (κ3) is 2.74. The fourth-order valence-corrected chi connectivity index (χ4v) is 2.93. The maximum absolute atomic E-state index is 11.4. The molecule has 0 spiro atoms. The number of benzene rings is 2. The van der Waals surface area contributed by atoms with E-state index in [1.807, 2.05) is 24.3 Å². The van der Waals surface area contributed by atoms with Crippen LogP contribution in [0, 0.1) is 0 Å². The van der Waals surface area contributed by atoms with E-state index in [0.717, 1.165) is 33.5 Å². The topological polar surface area (TPSA) is 67.1 Å². The van der Waals surface area contributed by atoms with Gasteiger partial charge in [0.05, 0.1) is 17.8 Å². The number of anilines is 4. The number of hydrogen-bond donors (Lipinski definition) is 3. The first-order valence-electron chi connectivity index (χ1n) is 6.84. The smallest absolute Gasteiger partial charge is 0.228 e. The Morgan fingerprint density at radius 1 is 1.29 bits per heavy atom. The summed E-state index contributed by atoms with van der Waals surface area (Å²) in [7, 11) is 0. The molecule has 0 aliphatic carbocycles. The molecule has 3 rings (SSSR count). The summed E-state index contributed by atoms with van der Waals surface area (Å²) in [6.45, 7) is 2.11. The molecule has 1 aliphatic heterocycles. The van der Waals surface area contributed by atoms with Gasteiger partial charge in [-0.15, -0.1) is 0 Å². The average molecular weight is 346 g/mol. The number of amides is 1. The van der Waals surface area contributed by atoms with Gasteiger partial charge < -0.3 is 16.4 Å². The Morgan fingerprint density at radius 2 is 2.10 bits per heavy atom. The lowest BCUT2D eigenvalue weighted by molar-refractivity contribution is -0.115. The lowest BCUT2D eigenvalue weighted by Crippen LogP contribution is -2.03. The van der Waals surface area contributed by atoms with Gasteiger partial charge in [-0.3, -0.25) is 4.79 Å². The van der Waals surface area contributed by atoms with E-state index in [9.17, 15) is 4.79 Å². The van der Waals surface area contributed by atoms with E-state index in [0.29, 0.717) is 12.1 Å². The molecule has 2 aromatic carbocycles. The summed E-state index contributed by atoms with van der Waals surface area (Å²) >= 11 is 3.48. The third-order valence-electron chi connectivity index (χ3n) is 3.62. The summed E-state index contributed by atoms with van der Waals surface area (Å²) in [5.41, 5.74) is 11.6. The highest BCUT2D eigenvalue weighted by Gasteiger charge is 2.19. The lowest BCUT2D eigenvalue weighted by Gasteiger charge is -2.14. The molecule has 0 atom stereocenters. The molecule has 4 N–H and O–H groups in total. The molecule has 0 bridgehead atoms.